The lowest BCUT2D eigenvalue weighted by Gasteiger charge is -2.39. The number of nitrogens with zero attached hydrogens (tertiary/aromatic N) is 4. The van der Waals surface area contributed by atoms with Crippen molar-refractivity contribution in [2.75, 3.05) is 59.4 Å². The second-order valence-electron chi connectivity index (χ2n) is 9.08. The molecule has 1 heterocycles. The summed E-state index contributed by atoms with van der Waals surface area (Å²) in [6.07, 6.45) is 1.13. The van der Waals surface area contributed by atoms with Crippen LogP contribution in [0.25, 0.3) is 0 Å². The Balaban J connectivity index is 0.00000784. The second-order valence-corrected chi connectivity index (χ2v) is 9.08. The second kappa shape index (κ2) is 15.6. The number of hydrogen-bond acceptors (Lipinski definition) is 4. The summed E-state index contributed by atoms with van der Waals surface area (Å²) >= 11 is 0. The van der Waals surface area contributed by atoms with Crippen LogP contribution in [0.2, 0.25) is 0 Å². The van der Waals surface area contributed by atoms with E-state index in [1.807, 2.05) is 0 Å². The Morgan fingerprint density at radius 1 is 0.966 bits per heavy atom. The molecule has 0 spiro atoms. The van der Waals surface area contributed by atoms with Crippen LogP contribution >= 0.6 is 24.0 Å². The first kappa shape index (κ1) is 28.9. The van der Waals surface area contributed by atoms with E-state index in [-0.39, 0.29) is 24.0 Å². The van der Waals surface area contributed by atoms with Gasteiger partial charge in [0.1, 0.15) is 0 Å². The van der Waals surface area contributed by atoms with Gasteiger partial charge in [0.15, 0.2) is 5.96 Å². The van der Waals surface area contributed by atoms with E-state index in [0.717, 1.165) is 64.7 Å². The normalized spacial score (nSPS) is 17.9. The fraction of sp³-hybridized carbons (Fsp3) is 0.955. The van der Waals surface area contributed by atoms with Crippen molar-refractivity contribution < 1.29 is 0 Å². The van der Waals surface area contributed by atoms with Crippen molar-refractivity contribution in [3.05, 3.63) is 0 Å². The van der Waals surface area contributed by atoms with Crippen molar-refractivity contribution in [3.8, 4) is 0 Å². The van der Waals surface area contributed by atoms with Crippen LogP contribution in [0.1, 0.15) is 54.9 Å². The minimum atomic E-state index is 0. The Kier molecular flexibility index (Phi) is 15.6. The zero-order valence-corrected chi connectivity index (χ0v) is 22.7. The number of nitrogens with one attached hydrogen (secondary N) is 2. The summed E-state index contributed by atoms with van der Waals surface area (Å²) in [4.78, 5) is 12.5. The minimum absolute atomic E-state index is 0. The van der Waals surface area contributed by atoms with Gasteiger partial charge in [-0.15, -0.1) is 24.0 Å². The molecule has 1 unspecified atom stereocenters. The molecule has 6 nitrogen and oxygen atoms in total. The van der Waals surface area contributed by atoms with Gasteiger partial charge in [0.05, 0.1) is 6.54 Å². The molecule has 29 heavy (non-hydrogen) atoms. The van der Waals surface area contributed by atoms with Gasteiger partial charge in [-0.3, -0.25) is 14.8 Å². The maximum absolute atomic E-state index is 4.94. The van der Waals surface area contributed by atoms with E-state index >= 15 is 0 Å². The fourth-order valence-electron chi connectivity index (χ4n) is 4.01. The van der Waals surface area contributed by atoms with Gasteiger partial charge < -0.3 is 15.5 Å². The Labute approximate surface area is 198 Å². The first-order valence-electron chi connectivity index (χ1n) is 11.5. The van der Waals surface area contributed by atoms with E-state index in [9.17, 15) is 0 Å². The number of piperazine rings is 1. The van der Waals surface area contributed by atoms with Crippen LogP contribution in [0.3, 0.4) is 0 Å². The first-order chi connectivity index (χ1) is 13.3. The third-order valence-electron chi connectivity index (χ3n) is 5.77. The van der Waals surface area contributed by atoms with Gasteiger partial charge in [-0.05, 0) is 54.0 Å². The molecule has 1 fully saturated rings. The fourth-order valence-corrected chi connectivity index (χ4v) is 4.01. The zero-order chi connectivity index (χ0) is 21.1. The van der Waals surface area contributed by atoms with E-state index in [1.165, 1.54) is 0 Å². The molecule has 1 atom stereocenters. The van der Waals surface area contributed by atoms with Crippen molar-refractivity contribution in [3.63, 3.8) is 0 Å². The van der Waals surface area contributed by atoms with E-state index in [1.54, 1.807) is 0 Å². The summed E-state index contributed by atoms with van der Waals surface area (Å²) in [5.74, 6) is 1.57. The standard InChI is InChI=1S/C22H48N6.HI/c1-9-23-22(24-11-10-12-28(19(4)5)20(6)7)25-17-21(18(2)3)27-15-13-26(8)14-16-27;/h18-21H,9-17H2,1-8H3,(H2,23,24,25);1H. The van der Waals surface area contributed by atoms with Crippen LogP contribution in [0.4, 0.5) is 0 Å². The van der Waals surface area contributed by atoms with E-state index in [0.29, 0.717) is 24.0 Å². The SMILES string of the molecule is CCNC(=NCC(C(C)C)N1CCN(C)CC1)NCCCN(C(C)C)C(C)C.I. The lowest BCUT2D eigenvalue weighted by atomic mass is 10.0. The van der Waals surface area contributed by atoms with Gasteiger partial charge in [0.25, 0.3) is 0 Å². The molecule has 0 aromatic heterocycles. The molecule has 0 aromatic rings. The predicted octanol–water partition coefficient (Wildman–Crippen LogP) is 2.94. The average Bonchev–Trinajstić information content (AvgIpc) is 2.62. The molecule has 0 radical (unpaired) electrons. The van der Waals surface area contributed by atoms with Crippen LogP contribution in [-0.2, 0) is 0 Å². The maximum atomic E-state index is 4.94. The van der Waals surface area contributed by atoms with Gasteiger partial charge in [0, 0.05) is 63.9 Å². The maximum Gasteiger partial charge on any atom is 0.191 e. The summed E-state index contributed by atoms with van der Waals surface area (Å²) in [5, 5.41) is 6.96. The molecule has 1 saturated heterocycles. The number of guanidine groups is 1. The molecule has 0 aliphatic carbocycles. The average molecular weight is 525 g/mol. The highest BCUT2D eigenvalue weighted by Crippen LogP contribution is 2.14. The third kappa shape index (κ3) is 11.2. The summed E-state index contributed by atoms with van der Waals surface area (Å²) < 4.78 is 0. The molecule has 0 bridgehead atoms. The molecule has 1 aliphatic heterocycles. The van der Waals surface area contributed by atoms with Crippen LogP contribution in [0.15, 0.2) is 4.99 Å². The first-order valence-corrected chi connectivity index (χ1v) is 11.5. The predicted molar refractivity (Wildman–Crippen MR) is 139 cm³/mol. The Morgan fingerprint density at radius 2 is 1.55 bits per heavy atom. The summed E-state index contributed by atoms with van der Waals surface area (Å²) in [7, 11) is 2.22. The lowest BCUT2D eigenvalue weighted by molar-refractivity contribution is 0.0925. The van der Waals surface area contributed by atoms with Crippen molar-refractivity contribution in [1.29, 1.82) is 0 Å². The van der Waals surface area contributed by atoms with E-state index in [2.05, 4.69) is 80.8 Å². The van der Waals surface area contributed by atoms with Crippen LogP contribution in [0.5, 0.6) is 0 Å². The molecule has 1 aliphatic rings. The monoisotopic (exact) mass is 524 g/mol. The quantitative estimate of drug-likeness (QED) is 0.188. The van der Waals surface area contributed by atoms with Crippen LogP contribution < -0.4 is 10.6 Å². The topological polar surface area (TPSA) is 46.1 Å². The number of aliphatic imine (C=N–C) groups is 1. The number of halogens is 1. The molecular weight excluding hydrogens is 475 g/mol. The number of hydrogen-bond donors (Lipinski definition) is 2. The Morgan fingerprint density at radius 3 is 2.03 bits per heavy atom. The van der Waals surface area contributed by atoms with Crippen LogP contribution in [-0.4, -0.2) is 98.2 Å². The zero-order valence-electron chi connectivity index (χ0n) is 20.4. The summed E-state index contributed by atoms with van der Waals surface area (Å²) in [6.45, 7) is 24.4. The van der Waals surface area contributed by atoms with Gasteiger partial charge in [-0.2, -0.15) is 0 Å². The smallest absolute Gasteiger partial charge is 0.191 e. The molecule has 7 heteroatoms. The molecule has 0 amide bonds. The largest absolute Gasteiger partial charge is 0.357 e. The Bertz CT molecular complexity index is 425. The number of likely N-dealkylation sites (N-methyl/N-ethyl adjacent to an activating group) is 1. The van der Waals surface area contributed by atoms with Gasteiger partial charge in [0.2, 0.25) is 0 Å². The highest BCUT2D eigenvalue weighted by Gasteiger charge is 2.24. The third-order valence-corrected chi connectivity index (χ3v) is 5.77. The van der Waals surface area contributed by atoms with Crippen molar-refractivity contribution in [1.82, 2.24) is 25.3 Å². The van der Waals surface area contributed by atoms with Crippen molar-refractivity contribution >= 4 is 29.9 Å². The molecule has 0 aromatic carbocycles. The minimum Gasteiger partial charge on any atom is -0.357 e. The van der Waals surface area contributed by atoms with Crippen molar-refractivity contribution in [2.45, 2.75) is 73.0 Å². The van der Waals surface area contributed by atoms with E-state index < -0.39 is 0 Å². The van der Waals surface area contributed by atoms with Gasteiger partial charge >= 0.3 is 0 Å². The summed E-state index contributed by atoms with van der Waals surface area (Å²) in [6, 6.07) is 1.70. The van der Waals surface area contributed by atoms with Gasteiger partial charge in [-0.25, -0.2) is 0 Å². The highest BCUT2D eigenvalue weighted by atomic mass is 127. The molecule has 174 valence electrons. The molecule has 1 rings (SSSR count). The molecular formula is C22H49IN6. The number of rotatable bonds is 11. The highest BCUT2D eigenvalue weighted by molar-refractivity contribution is 14.0. The lowest BCUT2D eigenvalue weighted by Crippen LogP contribution is -2.52. The van der Waals surface area contributed by atoms with E-state index in [4.69, 9.17) is 4.99 Å². The molecule has 0 saturated carbocycles. The van der Waals surface area contributed by atoms with Gasteiger partial charge in [-0.1, -0.05) is 13.8 Å². The Hall–Kier alpha value is -0.120. The molecule has 2 N–H and O–H groups in total. The van der Waals surface area contributed by atoms with Crippen molar-refractivity contribution in [2.24, 2.45) is 10.9 Å². The summed E-state index contributed by atoms with van der Waals surface area (Å²) in [5.41, 5.74) is 0. The van der Waals surface area contributed by atoms with Crippen LogP contribution in [0, 0.1) is 5.92 Å².